The number of benzene rings is 1. The predicted octanol–water partition coefficient (Wildman–Crippen LogP) is 5.00. The van der Waals surface area contributed by atoms with Crippen molar-refractivity contribution in [2.24, 2.45) is 0 Å². The van der Waals surface area contributed by atoms with E-state index in [-0.39, 0.29) is 5.97 Å². The Kier molecular flexibility index (Phi) is 4.76. The largest absolute Gasteiger partial charge is 0.467 e. The van der Waals surface area contributed by atoms with E-state index in [0.717, 1.165) is 19.4 Å². The number of aryl methyl sites for hydroxylation is 1. The Hall–Kier alpha value is -0.910. The van der Waals surface area contributed by atoms with E-state index in [0.29, 0.717) is 0 Å². The van der Waals surface area contributed by atoms with Crippen molar-refractivity contribution in [3.63, 3.8) is 0 Å². The molecule has 0 spiro atoms. The van der Waals surface area contributed by atoms with Crippen molar-refractivity contribution in [1.29, 1.82) is 0 Å². The molecule has 5 heteroatoms. The lowest BCUT2D eigenvalue weighted by atomic mass is 10.1. The molecule has 0 N–H and O–H groups in total. The van der Waals surface area contributed by atoms with Crippen LogP contribution in [0.2, 0.25) is 0 Å². The molecule has 1 unspecified atom stereocenters. The standard InChI is InChI=1S/C16H19BrO3S/c1-9-7-6-8-10-11(9)12(17)14(21-10)13(15(18)19-5)20-16(2,3)4/h6-8,13H,1-5H3. The summed E-state index contributed by atoms with van der Waals surface area (Å²) < 4.78 is 12.9. The van der Waals surface area contributed by atoms with Crippen molar-refractivity contribution in [3.8, 4) is 0 Å². The minimum atomic E-state index is -0.721. The maximum atomic E-state index is 12.1. The fraction of sp³-hybridized carbons (Fsp3) is 0.438. The normalized spacial score (nSPS) is 13.4. The number of ether oxygens (including phenoxy) is 2. The molecule has 2 aromatic rings. The highest BCUT2D eigenvalue weighted by atomic mass is 79.9. The van der Waals surface area contributed by atoms with E-state index in [9.17, 15) is 4.79 Å². The molecule has 0 aliphatic rings. The number of methoxy groups -OCH3 is 1. The van der Waals surface area contributed by atoms with E-state index in [2.05, 4.69) is 28.9 Å². The van der Waals surface area contributed by atoms with Crippen LogP contribution in [-0.2, 0) is 14.3 Å². The zero-order chi connectivity index (χ0) is 15.8. The number of rotatable bonds is 3. The lowest BCUT2D eigenvalue weighted by Crippen LogP contribution is -2.27. The predicted molar refractivity (Wildman–Crippen MR) is 89.9 cm³/mol. The first-order chi connectivity index (χ1) is 9.74. The number of hydrogen-bond donors (Lipinski definition) is 0. The number of halogens is 1. The second kappa shape index (κ2) is 6.07. The van der Waals surface area contributed by atoms with Crippen LogP contribution in [0.25, 0.3) is 10.1 Å². The Balaban J connectivity index is 2.57. The molecule has 0 fully saturated rings. The second-order valence-corrected chi connectivity index (χ2v) is 7.74. The molecule has 0 amide bonds. The number of hydrogen-bond acceptors (Lipinski definition) is 4. The van der Waals surface area contributed by atoms with Crippen molar-refractivity contribution in [2.45, 2.75) is 39.4 Å². The fourth-order valence-electron chi connectivity index (χ4n) is 2.13. The summed E-state index contributed by atoms with van der Waals surface area (Å²) in [6.07, 6.45) is -0.721. The number of carbonyl (C=O) groups is 1. The quantitative estimate of drug-likeness (QED) is 0.712. The number of esters is 1. The van der Waals surface area contributed by atoms with Gasteiger partial charge in [-0.15, -0.1) is 11.3 Å². The zero-order valence-electron chi connectivity index (χ0n) is 12.8. The van der Waals surface area contributed by atoms with Gasteiger partial charge in [0, 0.05) is 14.6 Å². The molecule has 114 valence electrons. The number of thiophene rings is 1. The molecule has 3 nitrogen and oxygen atoms in total. The summed E-state index contributed by atoms with van der Waals surface area (Å²) >= 11 is 5.19. The Bertz CT molecular complexity index is 670. The molecule has 0 aliphatic heterocycles. The average molecular weight is 371 g/mol. The van der Waals surface area contributed by atoms with Gasteiger partial charge in [-0.1, -0.05) is 12.1 Å². The van der Waals surface area contributed by atoms with E-state index in [1.807, 2.05) is 32.9 Å². The molecule has 1 aromatic heterocycles. The lowest BCUT2D eigenvalue weighted by molar-refractivity contribution is -0.164. The molecule has 0 saturated carbocycles. The number of fused-ring (bicyclic) bond motifs is 1. The van der Waals surface area contributed by atoms with Crippen LogP contribution in [0, 0.1) is 6.92 Å². The van der Waals surface area contributed by atoms with Crippen molar-refractivity contribution >= 4 is 43.3 Å². The third kappa shape index (κ3) is 3.47. The summed E-state index contributed by atoms with van der Waals surface area (Å²) in [6, 6.07) is 6.12. The van der Waals surface area contributed by atoms with Gasteiger partial charge in [0.05, 0.1) is 17.6 Å². The lowest BCUT2D eigenvalue weighted by Gasteiger charge is -2.25. The minimum absolute atomic E-state index is 0.380. The van der Waals surface area contributed by atoms with Crippen LogP contribution in [-0.4, -0.2) is 18.7 Å². The van der Waals surface area contributed by atoms with Crippen molar-refractivity contribution in [2.75, 3.05) is 7.11 Å². The van der Waals surface area contributed by atoms with E-state index in [4.69, 9.17) is 9.47 Å². The van der Waals surface area contributed by atoms with Gasteiger partial charge >= 0.3 is 5.97 Å². The summed E-state index contributed by atoms with van der Waals surface area (Å²) in [5.41, 5.74) is 0.727. The number of carbonyl (C=O) groups excluding carboxylic acids is 1. The average Bonchev–Trinajstić information content (AvgIpc) is 2.73. The van der Waals surface area contributed by atoms with E-state index < -0.39 is 11.7 Å². The van der Waals surface area contributed by atoms with Crippen molar-refractivity contribution in [3.05, 3.63) is 33.1 Å². The van der Waals surface area contributed by atoms with Gasteiger partial charge in [-0.3, -0.25) is 0 Å². The van der Waals surface area contributed by atoms with Gasteiger partial charge in [0.25, 0.3) is 0 Å². The zero-order valence-corrected chi connectivity index (χ0v) is 15.2. The smallest absolute Gasteiger partial charge is 0.340 e. The highest BCUT2D eigenvalue weighted by Gasteiger charge is 2.32. The topological polar surface area (TPSA) is 35.5 Å². The molecular formula is C16H19BrO3S. The highest BCUT2D eigenvalue weighted by Crippen LogP contribution is 2.43. The first-order valence-electron chi connectivity index (χ1n) is 6.67. The third-order valence-corrected chi connectivity index (χ3v) is 5.30. The second-order valence-electron chi connectivity index (χ2n) is 5.86. The van der Waals surface area contributed by atoms with Gasteiger partial charge in [0.15, 0.2) is 6.10 Å². The van der Waals surface area contributed by atoms with Crippen LogP contribution in [0.1, 0.15) is 37.3 Å². The van der Waals surface area contributed by atoms with Crippen molar-refractivity contribution < 1.29 is 14.3 Å². The van der Waals surface area contributed by atoms with Crippen LogP contribution in [0.15, 0.2) is 22.7 Å². The van der Waals surface area contributed by atoms with Crippen molar-refractivity contribution in [1.82, 2.24) is 0 Å². The summed E-state index contributed by atoms with van der Waals surface area (Å²) in [5.74, 6) is -0.380. The maximum Gasteiger partial charge on any atom is 0.340 e. The van der Waals surface area contributed by atoms with Crippen LogP contribution in [0.5, 0.6) is 0 Å². The molecule has 1 aromatic carbocycles. The first kappa shape index (κ1) is 16.5. The van der Waals surface area contributed by atoms with Gasteiger partial charge in [0.1, 0.15) is 0 Å². The monoisotopic (exact) mass is 370 g/mol. The molecule has 1 atom stereocenters. The van der Waals surface area contributed by atoms with E-state index >= 15 is 0 Å². The molecule has 2 rings (SSSR count). The fourth-order valence-corrected chi connectivity index (χ4v) is 4.43. The van der Waals surface area contributed by atoms with Crippen LogP contribution >= 0.6 is 27.3 Å². The SMILES string of the molecule is COC(=O)C(OC(C)(C)C)c1sc2cccc(C)c2c1Br. The summed E-state index contributed by atoms with van der Waals surface area (Å²) in [7, 11) is 1.38. The van der Waals surface area contributed by atoms with Crippen LogP contribution in [0.3, 0.4) is 0 Å². The third-order valence-electron chi connectivity index (χ3n) is 3.02. The van der Waals surface area contributed by atoms with Gasteiger partial charge in [-0.05, 0) is 55.3 Å². The van der Waals surface area contributed by atoms with Gasteiger partial charge in [-0.25, -0.2) is 4.79 Å². The Labute approximate surface area is 137 Å². The Morgan fingerprint density at radius 1 is 1.33 bits per heavy atom. The molecule has 0 bridgehead atoms. The molecule has 0 radical (unpaired) electrons. The minimum Gasteiger partial charge on any atom is -0.467 e. The van der Waals surface area contributed by atoms with Gasteiger partial charge in [-0.2, -0.15) is 0 Å². The summed E-state index contributed by atoms with van der Waals surface area (Å²) in [6.45, 7) is 7.83. The van der Waals surface area contributed by atoms with E-state index in [1.54, 1.807) is 11.3 Å². The first-order valence-corrected chi connectivity index (χ1v) is 8.28. The van der Waals surface area contributed by atoms with Gasteiger partial charge in [0.2, 0.25) is 0 Å². The van der Waals surface area contributed by atoms with Crippen LogP contribution < -0.4 is 0 Å². The maximum absolute atomic E-state index is 12.1. The molecule has 21 heavy (non-hydrogen) atoms. The van der Waals surface area contributed by atoms with E-state index in [1.165, 1.54) is 12.7 Å². The highest BCUT2D eigenvalue weighted by molar-refractivity contribution is 9.10. The Morgan fingerprint density at radius 2 is 2.00 bits per heavy atom. The molecule has 1 heterocycles. The summed E-state index contributed by atoms with van der Waals surface area (Å²) in [4.78, 5) is 13.0. The van der Waals surface area contributed by atoms with Crippen LogP contribution in [0.4, 0.5) is 0 Å². The molecular weight excluding hydrogens is 352 g/mol. The Morgan fingerprint density at radius 3 is 2.52 bits per heavy atom. The molecule has 0 saturated heterocycles. The summed E-state index contributed by atoms with van der Waals surface area (Å²) in [5, 5.41) is 1.13. The molecule has 0 aliphatic carbocycles. The van der Waals surface area contributed by atoms with Gasteiger partial charge < -0.3 is 9.47 Å².